The fraction of sp³-hybridized carbons (Fsp3) is 0.533. The van der Waals surface area contributed by atoms with Crippen LogP contribution in [0.1, 0.15) is 24.0 Å². The molecule has 0 aromatic heterocycles. The molecular weight excluding hydrogens is 273 g/mol. The minimum atomic E-state index is -0.268. The zero-order valence-electron chi connectivity index (χ0n) is 12.2. The van der Waals surface area contributed by atoms with E-state index in [9.17, 15) is 4.39 Å². The van der Waals surface area contributed by atoms with E-state index in [4.69, 9.17) is 9.47 Å². The van der Waals surface area contributed by atoms with Crippen molar-refractivity contribution < 1.29 is 13.9 Å². The third-order valence-corrected chi connectivity index (χ3v) is 3.81. The Labute approximate surface area is 123 Å². The standard InChI is InChI=1S/C15H20FN3O2/c1-17-15(19-4-2-3-5-19)18-8-11-6-13(16)7-12-9-20-10-21-14(11)12/h6-7H,2-5,8-10H2,1H3,(H,17,18). The Balaban J connectivity index is 1.74. The number of benzene rings is 1. The highest BCUT2D eigenvalue weighted by atomic mass is 19.1. The van der Waals surface area contributed by atoms with Crippen LogP contribution in [0.15, 0.2) is 17.1 Å². The van der Waals surface area contributed by atoms with Crippen LogP contribution in [0.25, 0.3) is 0 Å². The molecule has 5 nitrogen and oxygen atoms in total. The smallest absolute Gasteiger partial charge is 0.193 e. The predicted octanol–water partition coefficient (Wildman–Crippen LogP) is 1.86. The van der Waals surface area contributed by atoms with Crippen molar-refractivity contribution in [3.05, 3.63) is 29.1 Å². The van der Waals surface area contributed by atoms with Gasteiger partial charge in [0, 0.05) is 37.8 Å². The van der Waals surface area contributed by atoms with Crippen molar-refractivity contribution in [2.45, 2.75) is 26.0 Å². The SMILES string of the molecule is CN=C(NCc1cc(F)cc2c1OCOC2)N1CCCC1. The Kier molecular flexibility index (Phi) is 4.24. The summed E-state index contributed by atoms with van der Waals surface area (Å²) in [6.45, 7) is 3.13. The van der Waals surface area contributed by atoms with Gasteiger partial charge in [0.05, 0.1) is 6.61 Å². The highest BCUT2D eigenvalue weighted by molar-refractivity contribution is 5.80. The maximum atomic E-state index is 13.7. The molecule has 0 saturated carbocycles. The van der Waals surface area contributed by atoms with Crippen molar-refractivity contribution in [2.75, 3.05) is 26.9 Å². The Hall–Kier alpha value is -1.82. The van der Waals surface area contributed by atoms with Crippen LogP contribution >= 0.6 is 0 Å². The van der Waals surface area contributed by atoms with Crippen molar-refractivity contribution in [1.82, 2.24) is 10.2 Å². The monoisotopic (exact) mass is 293 g/mol. The molecule has 2 aliphatic rings. The Morgan fingerprint density at radius 2 is 2.19 bits per heavy atom. The number of ether oxygens (including phenoxy) is 2. The van der Waals surface area contributed by atoms with E-state index in [0.29, 0.717) is 13.2 Å². The molecule has 6 heteroatoms. The van der Waals surface area contributed by atoms with Gasteiger partial charge in [-0.25, -0.2) is 4.39 Å². The van der Waals surface area contributed by atoms with Gasteiger partial charge in [0.1, 0.15) is 11.6 Å². The summed E-state index contributed by atoms with van der Waals surface area (Å²) < 4.78 is 24.4. The maximum Gasteiger partial charge on any atom is 0.193 e. The molecule has 1 saturated heterocycles. The molecule has 2 aliphatic heterocycles. The lowest BCUT2D eigenvalue weighted by Crippen LogP contribution is -2.39. The first kappa shape index (κ1) is 14.1. The van der Waals surface area contributed by atoms with Gasteiger partial charge >= 0.3 is 0 Å². The lowest BCUT2D eigenvalue weighted by Gasteiger charge is -2.23. The molecule has 0 radical (unpaired) electrons. The van der Waals surface area contributed by atoms with Gasteiger partial charge in [0.25, 0.3) is 0 Å². The zero-order valence-corrected chi connectivity index (χ0v) is 12.2. The van der Waals surface area contributed by atoms with Crippen LogP contribution in [0, 0.1) is 5.82 Å². The summed E-state index contributed by atoms with van der Waals surface area (Å²) in [5.41, 5.74) is 1.56. The molecule has 1 fully saturated rings. The molecular formula is C15H20FN3O2. The lowest BCUT2D eigenvalue weighted by molar-refractivity contribution is -0.0173. The van der Waals surface area contributed by atoms with Crippen molar-refractivity contribution in [2.24, 2.45) is 4.99 Å². The minimum Gasteiger partial charge on any atom is -0.467 e. The summed E-state index contributed by atoms with van der Waals surface area (Å²) in [7, 11) is 1.77. The van der Waals surface area contributed by atoms with Gasteiger partial charge in [-0.3, -0.25) is 4.99 Å². The second-order valence-corrected chi connectivity index (χ2v) is 5.26. The summed E-state index contributed by atoms with van der Waals surface area (Å²) in [5.74, 6) is 1.32. The lowest BCUT2D eigenvalue weighted by atomic mass is 10.1. The number of halogens is 1. The van der Waals surface area contributed by atoms with Crippen LogP contribution in [0.4, 0.5) is 4.39 Å². The van der Waals surface area contributed by atoms with Gasteiger partial charge in [0.15, 0.2) is 12.8 Å². The largest absolute Gasteiger partial charge is 0.467 e. The van der Waals surface area contributed by atoms with Gasteiger partial charge in [-0.15, -0.1) is 0 Å². The molecule has 1 aromatic rings. The Morgan fingerprint density at radius 1 is 1.38 bits per heavy atom. The maximum absolute atomic E-state index is 13.7. The topological polar surface area (TPSA) is 46.1 Å². The van der Waals surface area contributed by atoms with Crippen LogP contribution in [0.5, 0.6) is 5.75 Å². The Bertz CT molecular complexity index is 542. The summed E-state index contributed by atoms with van der Waals surface area (Å²) in [4.78, 5) is 6.51. The molecule has 0 atom stereocenters. The Morgan fingerprint density at radius 3 is 2.95 bits per heavy atom. The first-order chi connectivity index (χ1) is 10.3. The molecule has 21 heavy (non-hydrogen) atoms. The van der Waals surface area contributed by atoms with Crippen molar-refractivity contribution in [3.63, 3.8) is 0 Å². The number of nitrogens with one attached hydrogen (secondary N) is 1. The van der Waals surface area contributed by atoms with E-state index < -0.39 is 0 Å². The highest BCUT2D eigenvalue weighted by Gasteiger charge is 2.19. The van der Waals surface area contributed by atoms with Crippen molar-refractivity contribution in [1.29, 1.82) is 0 Å². The average molecular weight is 293 g/mol. The van der Waals surface area contributed by atoms with Gasteiger partial charge in [-0.1, -0.05) is 0 Å². The summed E-state index contributed by atoms with van der Waals surface area (Å²) >= 11 is 0. The third kappa shape index (κ3) is 3.10. The molecule has 0 spiro atoms. The molecule has 2 heterocycles. The number of aliphatic imine (C=N–C) groups is 1. The zero-order chi connectivity index (χ0) is 14.7. The number of hydrogen-bond donors (Lipinski definition) is 1. The molecule has 1 aromatic carbocycles. The first-order valence-corrected chi connectivity index (χ1v) is 7.25. The highest BCUT2D eigenvalue weighted by Crippen LogP contribution is 2.29. The number of hydrogen-bond acceptors (Lipinski definition) is 3. The number of rotatable bonds is 2. The van der Waals surface area contributed by atoms with Crippen molar-refractivity contribution in [3.8, 4) is 5.75 Å². The molecule has 3 rings (SSSR count). The second-order valence-electron chi connectivity index (χ2n) is 5.26. The normalized spacial score (nSPS) is 18.4. The third-order valence-electron chi connectivity index (χ3n) is 3.81. The molecule has 0 unspecified atom stereocenters. The number of guanidine groups is 1. The van der Waals surface area contributed by atoms with Crippen molar-refractivity contribution >= 4 is 5.96 Å². The van der Waals surface area contributed by atoms with E-state index in [1.54, 1.807) is 7.05 Å². The molecule has 114 valence electrons. The van der Waals surface area contributed by atoms with E-state index in [2.05, 4.69) is 15.2 Å². The first-order valence-electron chi connectivity index (χ1n) is 7.25. The van der Waals surface area contributed by atoms with Crippen LogP contribution in [-0.2, 0) is 17.9 Å². The molecule has 0 bridgehead atoms. The second kappa shape index (κ2) is 6.30. The molecule has 0 aliphatic carbocycles. The van der Waals surface area contributed by atoms with E-state index >= 15 is 0 Å². The number of fused-ring (bicyclic) bond motifs is 1. The summed E-state index contributed by atoms with van der Waals surface area (Å²) in [6.07, 6.45) is 2.38. The van der Waals surface area contributed by atoms with Crippen LogP contribution in [-0.4, -0.2) is 37.8 Å². The van der Waals surface area contributed by atoms with Crippen LogP contribution in [0.3, 0.4) is 0 Å². The average Bonchev–Trinajstić information content (AvgIpc) is 3.02. The van der Waals surface area contributed by atoms with Gasteiger partial charge in [-0.2, -0.15) is 0 Å². The van der Waals surface area contributed by atoms with E-state index in [1.165, 1.54) is 25.0 Å². The molecule has 1 N–H and O–H groups in total. The summed E-state index contributed by atoms with van der Waals surface area (Å²) in [5, 5.41) is 3.29. The number of likely N-dealkylation sites (tertiary alicyclic amines) is 1. The van der Waals surface area contributed by atoms with Gasteiger partial charge in [0.2, 0.25) is 0 Å². The fourth-order valence-corrected chi connectivity index (χ4v) is 2.82. The van der Waals surface area contributed by atoms with Gasteiger partial charge < -0.3 is 19.7 Å². The summed E-state index contributed by atoms with van der Waals surface area (Å²) in [6, 6.07) is 2.97. The quantitative estimate of drug-likeness (QED) is 0.668. The predicted molar refractivity (Wildman–Crippen MR) is 77.7 cm³/mol. The minimum absolute atomic E-state index is 0.215. The van der Waals surface area contributed by atoms with E-state index in [1.807, 2.05) is 0 Å². The van der Waals surface area contributed by atoms with E-state index in [0.717, 1.165) is 35.9 Å². The van der Waals surface area contributed by atoms with Crippen LogP contribution in [0.2, 0.25) is 0 Å². The van der Waals surface area contributed by atoms with Gasteiger partial charge in [-0.05, 0) is 25.0 Å². The molecule has 0 amide bonds. The fourth-order valence-electron chi connectivity index (χ4n) is 2.82. The van der Waals surface area contributed by atoms with E-state index in [-0.39, 0.29) is 12.6 Å². The van der Waals surface area contributed by atoms with Crippen LogP contribution < -0.4 is 10.1 Å². The number of nitrogens with zero attached hydrogens (tertiary/aromatic N) is 2.